The summed E-state index contributed by atoms with van der Waals surface area (Å²) in [4.78, 5) is 3.95. The van der Waals surface area contributed by atoms with Gasteiger partial charge in [-0.25, -0.2) is 9.50 Å². The Morgan fingerprint density at radius 3 is 2.63 bits per heavy atom. The third-order valence-corrected chi connectivity index (χ3v) is 2.70. The lowest BCUT2D eigenvalue weighted by atomic mass is 10.0. The van der Waals surface area contributed by atoms with Crippen molar-refractivity contribution in [3.8, 4) is 11.3 Å². The Labute approximate surface area is 106 Å². The number of rotatable bonds is 1. The first kappa shape index (κ1) is 11.7. The Kier molecular flexibility index (Phi) is 2.51. The first-order valence-corrected chi connectivity index (χ1v) is 5.45. The molecule has 1 aromatic carbocycles. The molecule has 0 amide bonds. The van der Waals surface area contributed by atoms with Gasteiger partial charge < -0.3 is 0 Å². The second kappa shape index (κ2) is 4.08. The Hall–Kier alpha value is -2.37. The van der Waals surface area contributed by atoms with Gasteiger partial charge in [0.05, 0.1) is 17.5 Å². The van der Waals surface area contributed by atoms with Gasteiger partial charge in [0.2, 0.25) is 0 Å². The fourth-order valence-electron chi connectivity index (χ4n) is 1.86. The lowest BCUT2D eigenvalue weighted by Gasteiger charge is -2.11. The molecule has 3 rings (SSSR count). The second-order valence-corrected chi connectivity index (χ2v) is 3.92. The molecule has 0 saturated carbocycles. The Morgan fingerprint density at radius 1 is 1.05 bits per heavy atom. The van der Waals surface area contributed by atoms with E-state index in [0.29, 0.717) is 5.65 Å². The van der Waals surface area contributed by atoms with Crippen LogP contribution in [-0.2, 0) is 6.18 Å². The summed E-state index contributed by atoms with van der Waals surface area (Å²) in [6.07, 6.45) is -0.291. The van der Waals surface area contributed by atoms with Gasteiger partial charge in [-0.05, 0) is 18.2 Å². The van der Waals surface area contributed by atoms with Crippen LogP contribution >= 0.6 is 0 Å². The molecule has 0 bridgehead atoms. The summed E-state index contributed by atoms with van der Waals surface area (Å²) in [5, 5.41) is 4.08. The molecule has 0 fully saturated rings. The third kappa shape index (κ3) is 2.05. The number of benzene rings is 1. The van der Waals surface area contributed by atoms with Crippen LogP contribution in [0.3, 0.4) is 0 Å². The lowest BCUT2D eigenvalue weighted by Crippen LogP contribution is -2.07. The zero-order valence-electron chi connectivity index (χ0n) is 9.52. The van der Waals surface area contributed by atoms with Crippen molar-refractivity contribution in [1.82, 2.24) is 14.6 Å². The molecule has 0 unspecified atom stereocenters. The number of aromatic nitrogens is 3. The summed E-state index contributed by atoms with van der Waals surface area (Å²) in [6.45, 7) is 0. The van der Waals surface area contributed by atoms with E-state index in [1.54, 1.807) is 12.1 Å². The van der Waals surface area contributed by atoms with E-state index in [4.69, 9.17) is 0 Å². The molecule has 0 atom stereocenters. The normalized spacial score (nSPS) is 11.9. The van der Waals surface area contributed by atoms with Crippen molar-refractivity contribution in [2.45, 2.75) is 6.18 Å². The summed E-state index contributed by atoms with van der Waals surface area (Å²) in [5.41, 5.74) is 0.101. The number of fused-ring (bicyclic) bond motifs is 1. The van der Waals surface area contributed by atoms with Crippen molar-refractivity contribution in [3.63, 3.8) is 0 Å². The number of hydrogen-bond donors (Lipinski definition) is 0. The van der Waals surface area contributed by atoms with E-state index < -0.39 is 11.7 Å². The topological polar surface area (TPSA) is 30.2 Å². The fraction of sp³-hybridized carbons (Fsp3) is 0.0769. The SMILES string of the molecule is FC(F)(F)c1ccccc1-c1ccc2nc[c]n2n1. The van der Waals surface area contributed by atoms with E-state index in [1.165, 1.54) is 28.9 Å². The summed E-state index contributed by atoms with van der Waals surface area (Å²) in [7, 11) is 0. The molecular formula is C13H7F3N3. The smallest absolute Gasteiger partial charge is 0.235 e. The van der Waals surface area contributed by atoms with Gasteiger partial charge in [0, 0.05) is 5.56 Å². The van der Waals surface area contributed by atoms with Gasteiger partial charge in [-0.15, -0.1) is 0 Å². The molecule has 0 aliphatic rings. The molecule has 0 saturated heterocycles. The van der Waals surface area contributed by atoms with Crippen LogP contribution in [0.15, 0.2) is 42.6 Å². The molecule has 0 spiro atoms. The average molecular weight is 262 g/mol. The van der Waals surface area contributed by atoms with E-state index in [0.717, 1.165) is 6.07 Å². The van der Waals surface area contributed by atoms with Crippen molar-refractivity contribution in [1.29, 1.82) is 0 Å². The Balaban J connectivity index is 2.21. The van der Waals surface area contributed by atoms with Crippen LogP contribution in [0.2, 0.25) is 0 Å². The van der Waals surface area contributed by atoms with Crippen LogP contribution in [0.4, 0.5) is 13.2 Å². The first-order chi connectivity index (χ1) is 9.05. The molecular weight excluding hydrogens is 255 g/mol. The van der Waals surface area contributed by atoms with Gasteiger partial charge in [0.25, 0.3) is 0 Å². The minimum Gasteiger partial charge on any atom is -0.235 e. The molecule has 95 valence electrons. The monoisotopic (exact) mass is 262 g/mol. The molecule has 0 aliphatic heterocycles. The molecule has 2 aromatic heterocycles. The van der Waals surface area contributed by atoms with Crippen LogP contribution in [-0.4, -0.2) is 14.6 Å². The van der Waals surface area contributed by atoms with E-state index >= 15 is 0 Å². The molecule has 19 heavy (non-hydrogen) atoms. The van der Waals surface area contributed by atoms with Crippen molar-refractivity contribution in [3.05, 3.63) is 54.4 Å². The first-order valence-electron chi connectivity index (χ1n) is 5.45. The van der Waals surface area contributed by atoms with Gasteiger partial charge >= 0.3 is 6.18 Å². The highest BCUT2D eigenvalue weighted by atomic mass is 19.4. The molecule has 0 aliphatic carbocycles. The van der Waals surface area contributed by atoms with Crippen LogP contribution in [0, 0.1) is 6.20 Å². The van der Waals surface area contributed by atoms with E-state index in [1.807, 2.05) is 0 Å². The molecule has 3 nitrogen and oxygen atoms in total. The second-order valence-electron chi connectivity index (χ2n) is 3.92. The standard InChI is InChI=1S/C13H7F3N3/c14-13(15,16)10-4-2-1-3-9(10)11-5-6-12-17-7-8-19(12)18-11/h1-7H. The van der Waals surface area contributed by atoms with Crippen molar-refractivity contribution >= 4 is 5.65 Å². The van der Waals surface area contributed by atoms with Crippen LogP contribution in [0.5, 0.6) is 0 Å². The maximum atomic E-state index is 12.9. The highest BCUT2D eigenvalue weighted by Crippen LogP contribution is 2.36. The quantitative estimate of drug-likeness (QED) is 0.674. The van der Waals surface area contributed by atoms with E-state index in [9.17, 15) is 13.2 Å². The Morgan fingerprint density at radius 2 is 1.84 bits per heavy atom. The van der Waals surface area contributed by atoms with Crippen LogP contribution < -0.4 is 0 Å². The highest BCUT2D eigenvalue weighted by molar-refractivity contribution is 5.65. The van der Waals surface area contributed by atoms with Gasteiger partial charge in [-0.3, -0.25) is 0 Å². The fourth-order valence-corrected chi connectivity index (χ4v) is 1.86. The van der Waals surface area contributed by atoms with Crippen molar-refractivity contribution in [2.75, 3.05) is 0 Å². The highest BCUT2D eigenvalue weighted by Gasteiger charge is 2.33. The maximum absolute atomic E-state index is 12.9. The zero-order valence-corrected chi connectivity index (χ0v) is 9.52. The molecule has 0 N–H and O–H groups in total. The number of nitrogens with zero attached hydrogens (tertiary/aromatic N) is 3. The molecule has 1 radical (unpaired) electrons. The van der Waals surface area contributed by atoms with Crippen LogP contribution in [0.1, 0.15) is 5.56 Å². The lowest BCUT2D eigenvalue weighted by molar-refractivity contribution is -0.137. The summed E-state index contributed by atoms with van der Waals surface area (Å²) < 4.78 is 40.1. The predicted molar refractivity (Wildman–Crippen MR) is 62.3 cm³/mol. The summed E-state index contributed by atoms with van der Waals surface area (Å²) >= 11 is 0. The van der Waals surface area contributed by atoms with Crippen molar-refractivity contribution in [2.24, 2.45) is 0 Å². The van der Waals surface area contributed by atoms with E-state index in [-0.39, 0.29) is 11.3 Å². The minimum absolute atomic E-state index is 0.0407. The van der Waals surface area contributed by atoms with Gasteiger partial charge in [0.1, 0.15) is 6.20 Å². The molecule has 2 heterocycles. The average Bonchev–Trinajstić information content (AvgIpc) is 2.85. The maximum Gasteiger partial charge on any atom is 0.417 e. The molecule has 6 heteroatoms. The Bertz CT molecular complexity index is 731. The van der Waals surface area contributed by atoms with E-state index in [2.05, 4.69) is 16.3 Å². The minimum atomic E-state index is -4.41. The molecule has 3 aromatic rings. The number of alkyl halides is 3. The van der Waals surface area contributed by atoms with Gasteiger partial charge in [-0.2, -0.15) is 18.3 Å². The summed E-state index contributed by atoms with van der Waals surface area (Å²) in [5.74, 6) is 0. The predicted octanol–water partition coefficient (Wildman–Crippen LogP) is 3.22. The number of hydrogen-bond acceptors (Lipinski definition) is 2. The van der Waals surface area contributed by atoms with Crippen LogP contribution in [0.25, 0.3) is 16.9 Å². The van der Waals surface area contributed by atoms with Gasteiger partial charge in [-0.1, -0.05) is 18.2 Å². The number of imidazole rings is 1. The summed E-state index contributed by atoms with van der Waals surface area (Å²) in [6, 6.07) is 8.46. The largest absolute Gasteiger partial charge is 0.417 e. The zero-order chi connectivity index (χ0) is 13.5. The third-order valence-electron chi connectivity index (χ3n) is 2.70. The number of halogens is 3. The van der Waals surface area contributed by atoms with Crippen molar-refractivity contribution < 1.29 is 13.2 Å². The van der Waals surface area contributed by atoms with Gasteiger partial charge in [0.15, 0.2) is 5.65 Å².